The molecule has 2 aliphatic rings. The Morgan fingerprint density at radius 2 is 2.10 bits per heavy atom. The smallest absolute Gasteiger partial charge is 0.270 e. The van der Waals surface area contributed by atoms with Gasteiger partial charge in [-0.2, -0.15) is 0 Å². The minimum atomic E-state index is -0.194. The van der Waals surface area contributed by atoms with Gasteiger partial charge in [0.25, 0.3) is 5.91 Å². The molecule has 3 rings (SSSR count). The number of carbonyl (C=O) groups excluding carboxylic acids is 1. The molecule has 2 saturated carbocycles. The Kier molecular flexibility index (Phi) is 3.96. The lowest BCUT2D eigenvalue weighted by molar-refractivity contribution is 0.0884. The first-order valence-electron chi connectivity index (χ1n) is 7.52. The molecule has 0 spiro atoms. The van der Waals surface area contributed by atoms with E-state index in [1.165, 1.54) is 12.8 Å². The van der Waals surface area contributed by atoms with E-state index in [1.807, 2.05) is 0 Å². The summed E-state index contributed by atoms with van der Waals surface area (Å²) in [7, 11) is 0. The van der Waals surface area contributed by atoms with Crippen molar-refractivity contribution in [2.45, 2.75) is 50.5 Å². The van der Waals surface area contributed by atoms with Crippen LogP contribution in [0.15, 0.2) is 12.3 Å². The zero-order valence-electron chi connectivity index (χ0n) is 11.6. The molecule has 2 N–H and O–H groups in total. The van der Waals surface area contributed by atoms with Crippen LogP contribution >= 0.6 is 0 Å². The average molecular weight is 275 g/mol. The van der Waals surface area contributed by atoms with Gasteiger partial charge >= 0.3 is 0 Å². The van der Waals surface area contributed by atoms with Crippen molar-refractivity contribution in [2.75, 3.05) is 6.61 Å². The number of carbonyl (C=O) groups is 1. The Morgan fingerprint density at radius 3 is 2.75 bits per heavy atom. The largest absolute Gasteiger partial charge is 0.394 e. The molecular weight excluding hydrogens is 254 g/mol. The van der Waals surface area contributed by atoms with Gasteiger partial charge in [-0.25, -0.2) is 9.97 Å². The molecule has 1 aromatic rings. The van der Waals surface area contributed by atoms with E-state index >= 15 is 0 Å². The minimum absolute atomic E-state index is 0.00300. The lowest BCUT2D eigenvalue weighted by Crippen LogP contribution is -2.42. The summed E-state index contributed by atoms with van der Waals surface area (Å²) in [5.74, 6) is 1.42. The van der Waals surface area contributed by atoms with Crippen LogP contribution in [0, 0.1) is 5.92 Å². The fourth-order valence-electron chi connectivity index (χ4n) is 2.95. The first-order chi connectivity index (χ1) is 9.78. The summed E-state index contributed by atoms with van der Waals surface area (Å²) in [6.45, 7) is -0.00300. The van der Waals surface area contributed by atoms with Gasteiger partial charge in [-0.15, -0.1) is 0 Å². The summed E-state index contributed by atoms with van der Waals surface area (Å²) >= 11 is 0. The highest BCUT2D eigenvalue weighted by Crippen LogP contribution is 2.37. The van der Waals surface area contributed by atoms with Gasteiger partial charge in [0.15, 0.2) is 0 Å². The van der Waals surface area contributed by atoms with Crippen LogP contribution in [-0.4, -0.2) is 33.6 Å². The van der Waals surface area contributed by atoms with Gasteiger partial charge in [-0.3, -0.25) is 4.79 Å². The van der Waals surface area contributed by atoms with E-state index in [-0.39, 0.29) is 18.6 Å². The number of rotatable bonds is 5. The van der Waals surface area contributed by atoms with Gasteiger partial charge in [-0.1, -0.05) is 12.8 Å². The third kappa shape index (κ3) is 2.98. The van der Waals surface area contributed by atoms with E-state index in [4.69, 9.17) is 0 Å². The number of aromatic nitrogens is 2. The van der Waals surface area contributed by atoms with Crippen molar-refractivity contribution in [3.05, 3.63) is 23.8 Å². The zero-order chi connectivity index (χ0) is 13.9. The second-order valence-electron chi connectivity index (χ2n) is 5.88. The normalized spacial score (nSPS) is 20.9. The molecule has 1 aromatic heterocycles. The number of hydrogen-bond donors (Lipinski definition) is 2. The number of hydrogen-bond acceptors (Lipinski definition) is 4. The number of nitrogens with zero attached hydrogens (tertiary/aromatic N) is 2. The van der Waals surface area contributed by atoms with Gasteiger partial charge in [-0.05, 0) is 37.7 Å². The van der Waals surface area contributed by atoms with E-state index in [0.717, 1.165) is 31.5 Å². The van der Waals surface area contributed by atoms with Crippen molar-refractivity contribution in [2.24, 2.45) is 5.92 Å². The molecule has 0 saturated heterocycles. The zero-order valence-corrected chi connectivity index (χ0v) is 11.6. The Labute approximate surface area is 118 Å². The molecule has 0 bridgehead atoms. The monoisotopic (exact) mass is 275 g/mol. The van der Waals surface area contributed by atoms with E-state index in [1.54, 1.807) is 12.3 Å². The third-order valence-corrected chi connectivity index (χ3v) is 4.33. The quantitative estimate of drug-likeness (QED) is 0.856. The van der Waals surface area contributed by atoms with Crippen LogP contribution in [0.1, 0.15) is 60.8 Å². The van der Waals surface area contributed by atoms with Crippen LogP contribution in [-0.2, 0) is 0 Å². The number of nitrogens with one attached hydrogen (secondary N) is 1. The Balaban J connectivity index is 1.66. The SMILES string of the molecule is O=C(NC(CO)C1CCCC1)c1ccnc(C2CC2)n1. The molecule has 1 atom stereocenters. The van der Waals surface area contributed by atoms with E-state index in [0.29, 0.717) is 17.5 Å². The maximum absolute atomic E-state index is 12.3. The number of aliphatic hydroxyl groups excluding tert-OH is 1. The summed E-state index contributed by atoms with van der Waals surface area (Å²) in [6, 6.07) is 1.49. The van der Waals surface area contributed by atoms with Crippen molar-refractivity contribution < 1.29 is 9.90 Å². The van der Waals surface area contributed by atoms with Crippen LogP contribution in [0.2, 0.25) is 0 Å². The Morgan fingerprint density at radius 1 is 1.35 bits per heavy atom. The predicted molar refractivity (Wildman–Crippen MR) is 74.3 cm³/mol. The molecule has 5 heteroatoms. The van der Waals surface area contributed by atoms with Gasteiger partial charge < -0.3 is 10.4 Å². The topological polar surface area (TPSA) is 75.1 Å². The van der Waals surface area contributed by atoms with E-state index in [2.05, 4.69) is 15.3 Å². The Bertz CT molecular complexity index is 482. The molecule has 1 amide bonds. The minimum Gasteiger partial charge on any atom is -0.394 e. The van der Waals surface area contributed by atoms with Crippen molar-refractivity contribution in [1.82, 2.24) is 15.3 Å². The van der Waals surface area contributed by atoms with Crippen LogP contribution in [0.25, 0.3) is 0 Å². The van der Waals surface area contributed by atoms with Crippen LogP contribution < -0.4 is 5.32 Å². The first kappa shape index (κ1) is 13.5. The second-order valence-corrected chi connectivity index (χ2v) is 5.88. The van der Waals surface area contributed by atoms with E-state index in [9.17, 15) is 9.90 Å². The fraction of sp³-hybridized carbons (Fsp3) is 0.667. The summed E-state index contributed by atoms with van der Waals surface area (Å²) in [4.78, 5) is 20.8. The molecule has 2 aliphatic carbocycles. The van der Waals surface area contributed by atoms with Crippen molar-refractivity contribution in [3.63, 3.8) is 0 Å². The second kappa shape index (κ2) is 5.87. The van der Waals surface area contributed by atoms with Crippen molar-refractivity contribution >= 4 is 5.91 Å². The number of amides is 1. The predicted octanol–water partition coefficient (Wildman–Crippen LogP) is 1.63. The third-order valence-electron chi connectivity index (χ3n) is 4.33. The lowest BCUT2D eigenvalue weighted by Gasteiger charge is -2.22. The van der Waals surface area contributed by atoms with Gasteiger partial charge in [0.05, 0.1) is 12.6 Å². The molecule has 20 heavy (non-hydrogen) atoms. The van der Waals surface area contributed by atoms with Gasteiger partial charge in [0, 0.05) is 12.1 Å². The summed E-state index contributed by atoms with van der Waals surface area (Å²) in [5, 5.41) is 12.4. The molecular formula is C15H21N3O2. The summed E-state index contributed by atoms with van der Waals surface area (Å²) in [6.07, 6.45) is 8.44. The van der Waals surface area contributed by atoms with Crippen LogP contribution in [0.5, 0.6) is 0 Å². The highest BCUT2D eigenvalue weighted by Gasteiger charge is 2.29. The highest BCUT2D eigenvalue weighted by atomic mass is 16.3. The standard InChI is InChI=1S/C15H21N3O2/c19-9-13(10-3-1-2-4-10)18-15(20)12-7-8-16-14(17-12)11-5-6-11/h7-8,10-11,13,19H,1-6,9H2,(H,18,20). The van der Waals surface area contributed by atoms with Crippen LogP contribution in [0.3, 0.4) is 0 Å². The fourth-order valence-corrected chi connectivity index (χ4v) is 2.95. The van der Waals surface area contributed by atoms with Gasteiger partial charge in [0.2, 0.25) is 0 Å². The maximum atomic E-state index is 12.3. The molecule has 2 fully saturated rings. The molecule has 0 radical (unpaired) electrons. The lowest BCUT2D eigenvalue weighted by atomic mass is 9.99. The maximum Gasteiger partial charge on any atom is 0.270 e. The van der Waals surface area contributed by atoms with E-state index < -0.39 is 0 Å². The molecule has 0 aromatic carbocycles. The molecule has 0 aliphatic heterocycles. The molecule has 1 heterocycles. The molecule has 1 unspecified atom stereocenters. The first-order valence-corrected chi connectivity index (χ1v) is 7.52. The summed E-state index contributed by atoms with van der Waals surface area (Å²) < 4.78 is 0. The molecule has 5 nitrogen and oxygen atoms in total. The van der Waals surface area contributed by atoms with Gasteiger partial charge in [0.1, 0.15) is 11.5 Å². The van der Waals surface area contributed by atoms with Crippen molar-refractivity contribution in [1.29, 1.82) is 0 Å². The molecule has 108 valence electrons. The Hall–Kier alpha value is -1.49. The van der Waals surface area contributed by atoms with Crippen molar-refractivity contribution in [3.8, 4) is 0 Å². The highest BCUT2D eigenvalue weighted by molar-refractivity contribution is 5.92. The van der Waals surface area contributed by atoms with Crippen LogP contribution in [0.4, 0.5) is 0 Å². The number of aliphatic hydroxyl groups is 1. The summed E-state index contributed by atoms with van der Waals surface area (Å²) in [5.41, 5.74) is 0.415. The average Bonchev–Trinajstić information content (AvgIpc) is 3.20.